The first-order valence-corrected chi connectivity index (χ1v) is 10.2. The predicted molar refractivity (Wildman–Crippen MR) is 124 cm³/mol. The summed E-state index contributed by atoms with van der Waals surface area (Å²) in [7, 11) is 3.31. The van der Waals surface area contributed by atoms with Crippen LogP contribution in [0.2, 0.25) is 0 Å². The molecule has 0 radical (unpaired) electrons. The molecule has 1 N–H and O–H groups in total. The lowest BCUT2D eigenvalue weighted by Crippen LogP contribution is -2.21. The van der Waals surface area contributed by atoms with Crippen molar-refractivity contribution in [1.82, 2.24) is 9.55 Å². The Morgan fingerprint density at radius 1 is 1.22 bits per heavy atom. The van der Waals surface area contributed by atoms with Crippen molar-refractivity contribution in [2.24, 2.45) is 0 Å². The molecular weight excluding hydrogens is 408 g/mol. The summed E-state index contributed by atoms with van der Waals surface area (Å²) in [5, 5.41) is 3.72. The zero-order chi connectivity index (χ0) is 22.7. The molecule has 164 valence electrons. The fourth-order valence-corrected chi connectivity index (χ4v) is 3.57. The maximum atomic E-state index is 12.7. The molecule has 4 rings (SSSR count). The summed E-state index contributed by atoms with van der Waals surface area (Å²) in [6.07, 6.45) is 4.19. The van der Waals surface area contributed by atoms with E-state index in [4.69, 9.17) is 9.15 Å². The minimum Gasteiger partial charge on any atom is -0.495 e. The van der Waals surface area contributed by atoms with Crippen LogP contribution in [-0.2, 0) is 17.8 Å². The van der Waals surface area contributed by atoms with E-state index < -0.39 is 5.63 Å². The van der Waals surface area contributed by atoms with E-state index in [1.807, 2.05) is 31.2 Å². The Hall–Kier alpha value is -4.07. The van der Waals surface area contributed by atoms with Crippen molar-refractivity contribution in [3.8, 4) is 5.75 Å². The monoisotopic (exact) mass is 432 g/mol. The number of para-hydroxylation sites is 1. The number of amides is 1. The second-order valence-corrected chi connectivity index (χ2v) is 7.27. The second kappa shape index (κ2) is 8.97. The van der Waals surface area contributed by atoms with Gasteiger partial charge in [-0.2, -0.15) is 0 Å². The van der Waals surface area contributed by atoms with Crippen LogP contribution in [0, 0.1) is 0 Å². The van der Waals surface area contributed by atoms with E-state index in [0.717, 1.165) is 17.6 Å². The molecular formula is C24H24N4O4. The van der Waals surface area contributed by atoms with Crippen LogP contribution in [0.4, 0.5) is 17.1 Å². The van der Waals surface area contributed by atoms with Crippen molar-refractivity contribution in [2.45, 2.75) is 19.9 Å². The molecule has 0 aliphatic heterocycles. The third-order valence-corrected chi connectivity index (χ3v) is 5.26. The third kappa shape index (κ3) is 4.20. The molecule has 0 aliphatic carbocycles. The number of benzene rings is 2. The van der Waals surface area contributed by atoms with Gasteiger partial charge in [-0.05, 0) is 30.3 Å². The van der Waals surface area contributed by atoms with Crippen molar-refractivity contribution in [3.05, 3.63) is 77.2 Å². The molecule has 8 nitrogen and oxygen atoms in total. The first-order valence-electron chi connectivity index (χ1n) is 10.2. The predicted octanol–water partition coefficient (Wildman–Crippen LogP) is 3.97. The van der Waals surface area contributed by atoms with E-state index in [0.29, 0.717) is 28.4 Å². The lowest BCUT2D eigenvalue weighted by atomic mass is 10.2. The van der Waals surface area contributed by atoms with Crippen LogP contribution in [-0.4, -0.2) is 29.6 Å². The topological polar surface area (TPSA) is 89.6 Å². The first-order chi connectivity index (χ1) is 15.5. The Morgan fingerprint density at radius 2 is 2.03 bits per heavy atom. The summed E-state index contributed by atoms with van der Waals surface area (Å²) < 4.78 is 12.7. The van der Waals surface area contributed by atoms with Crippen LogP contribution in [0.3, 0.4) is 0 Å². The Kier molecular flexibility index (Phi) is 5.93. The van der Waals surface area contributed by atoms with Gasteiger partial charge in [0.25, 0.3) is 0 Å². The number of aryl methyl sites for hydroxylation is 1. The van der Waals surface area contributed by atoms with Gasteiger partial charge in [0, 0.05) is 36.9 Å². The summed E-state index contributed by atoms with van der Waals surface area (Å²) in [6.45, 7) is 2.13. The highest BCUT2D eigenvalue weighted by Gasteiger charge is 2.16. The lowest BCUT2D eigenvalue weighted by molar-refractivity contribution is -0.116. The van der Waals surface area contributed by atoms with Crippen LogP contribution in [0.1, 0.15) is 12.7 Å². The van der Waals surface area contributed by atoms with Gasteiger partial charge in [0.1, 0.15) is 29.4 Å². The summed E-state index contributed by atoms with van der Waals surface area (Å²) in [6, 6.07) is 14.5. The van der Waals surface area contributed by atoms with Gasteiger partial charge in [0.15, 0.2) is 0 Å². The van der Waals surface area contributed by atoms with Gasteiger partial charge >= 0.3 is 5.63 Å². The van der Waals surface area contributed by atoms with Crippen LogP contribution in [0.15, 0.2) is 70.1 Å². The van der Waals surface area contributed by atoms with Crippen LogP contribution in [0.25, 0.3) is 11.0 Å². The van der Waals surface area contributed by atoms with E-state index in [2.05, 4.69) is 10.3 Å². The van der Waals surface area contributed by atoms with Gasteiger partial charge in [-0.3, -0.25) is 4.79 Å². The fourth-order valence-electron chi connectivity index (χ4n) is 3.57. The number of hydrogen-bond acceptors (Lipinski definition) is 6. The summed E-state index contributed by atoms with van der Waals surface area (Å²) >= 11 is 0. The molecule has 0 bridgehead atoms. The molecule has 2 aromatic carbocycles. The van der Waals surface area contributed by atoms with Gasteiger partial charge < -0.3 is 23.9 Å². The number of nitrogens with zero attached hydrogens (tertiary/aromatic N) is 3. The molecule has 2 heterocycles. The van der Waals surface area contributed by atoms with E-state index >= 15 is 0 Å². The number of carbonyl (C=O) groups excluding carboxylic acids is 1. The SMILES string of the molecule is CCc1nccn1CC(=O)Nc1cc(N(C)c2cc3ccccc3oc2=O)ccc1OC. The number of methoxy groups -OCH3 is 1. The van der Waals surface area contributed by atoms with Crippen molar-refractivity contribution in [1.29, 1.82) is 0 Å². The molecule has 0 spiro atoms. The molecule has 0 fully saturated rings. The number of hydrogen-bond donors (Lipinski definition) is 1. The molecule has 0 atom stereocenters. The zero-order valence-corrected chi connectivity index (χ0v) is 18.2. The molecule has 0 saturated carbocycles. The Balaban J connectivity index is 1.62. The quantitative estimate of drug-likeness (QED) is 0.445. The number of nitrogens with one attached hydrogen (secondary N) is 1. The van der Waals surface area contributed by atoms with Gasteiger partial charge in [-0.1, -0.05) is 25.1 Å². The number of rotatable bonds is 7. The van der Waals surface area contributed by atoms with E-state index in [1.165, 1.54) is 7.11 Å². The number of anilines is 3. The largest absolute Gasteiger partial charge is 0.495 e. The smallest absolute Gasteiger partial charge is 0.360 e. The lowest BCUT2D eigenvalue weighted by Gasteiger charge is -2.20. The fraction of sp³-hybridized carbons (Fsp3) is 0.208. The highest BCUT2D eigenvalue weighted by atomic mass is 16.5. The van der Waals surface area contributed by atoms with Crippen molar-refractivity contribution >= 4 is 33.9 Å². The molecule has 0 unspecified atom stereocenters. The van der Waals surface area contributed by atoms with Crippen LogP contribution in [0.5, 0.6) is 5.75 Å². The van der Waals surface area contributed by atoms with Gasteiger partial charge in [0.2, 0.25) is 5.91 Å². The average molecular weight is 432 g/mol. The zero-order valence-electron chi connectivity index (χ0n) is 18.2. The van der Waals surface area contributed by atoms with Gasteiger partial charge in [-0.15, -0.1) is 0 Å². The van der Waals surface area contributed by atoms with Gasteiger partial charge in [0.05, 0.1) is 12.8 Å². The summed E-state index contributed by atoms with van der Waals surface area (Å²) in [5.74, 6) is 1.15. The van der Waals surface area contributed by atoms with Gasteiger partial charge in [-0.25, -0.2) is 9.78 Å². The van der Waals surface area contributed by atoms with Crippen LogP contribution < -0.4 is 20.6 Å². The molecule has 0 saturated heterocycles. The van der Waals surface area contributed by atoms with Crippen molar-refractivity contribution < 1.29 is 13.9 Å². The van der Waals surface area contributed by atoms with E-state index in [-0.39, 0.29) is 12.5 Å². The summed E-state index contributed by atoms with van der Waals surface area (Å²) in [4.78, 5) is 31.2. The Labute approximate surface area is 185 Å². The maximum Gasteiger partial charge on any atom is 0.360 e. The molecule has 1 amide bonds. The number of fused-ring (bicyclic) bond motifs is 1. The Morgan fingerprint density at radius 3 is 2.81 bits per heavy atom. The second-order valence-electron chi connectivity index (χ2n) is 7.27. The molecule has 2 aromatic heterocycles. The first kappa shape index (κ1) is 21.2. The standard InChI is InChI=1S/C24H24N4O4/c1-4-22-25-11-12-28(22)15-23(29)26-18-14-17(9-10-21(18)31-3)27(2)19-13-16-7-5-6-8-20(16)32-24(19)30/h5-14H,4,15H2,1-3H3,(H,26,29). The van der Waals surface area contributed by atoms with Crippen LogP contribution >= 0.6 is 0 Å². The highest BCUT2D eigenvalue weighted by Crippen LogP contribution is 2.32. The number of carbonyl (C=O) groups is 1. The maximum absolute atomic E-state index is 12.7. The normalized spacial score (nSPS) is 10.8. The molecule has 8 heteroatoms. The Bertz CT molecular complexity index is 1330. The average Bonchev–Trinajstić information content (AvgIpc) is 3.25. The number of ether oxygens (including phenoxy) is 1. The number of aromatic nitrogens is 2. The third-order valence-electron chi connectivity index (χ3n) is 5.26. The molecule has 0 aliphatic rings. The minimum atomic E-state index is -0.445. The number of imidazole rings is 1. The van der Waals surface area contributed by atoms with Crippen molar-refractivity contribution in [3.63, 3.8) is 0 Å². The summed E-state index contributed by atoms with van der Waals surface area (Å²) in [5.41, 5.74) is 1.67. The minimum absolute atomic E-state index is 0.140. The van der Waals surface area contributed by atoms with Crippen molar-refractivity contribution in [2.75, 3.05) is 24.4 Å². The molecule has 4 aromatic rings. The highest BCUT2D eigenvalue weighted by molar-refractivity contribution is 5.93. The van der Waals surface area contributed by atoms with E-state index in [9.17, 15) is 9.59 Å². The molecule has 32 heavy (non-hydrogen) atoms. The van der Waals surface area contributed by atoms with E-state index in [1.54, 1.807) is 53.2 Å².